The average molecular weight is 420 g/mol. The molecule has 1 saturated carbocycles. The normalized spacial score (nSPS) is 20.0. The highest BCUT2D eigenvalue weighted by atomic mass is 16.3. The topological polar surface area (TPSA) is 72.9 Å². The van der Waals surface area contributed by atoms with E-state index in [-0.39, 0.29) is 11.8 Å². The van der Waals surface area contributed by atoms with Gasteiger partial charge >= 0.3 is 0 Å². The first-order chi connectivity index (χ1) is 15.0. The first-order valence-corrected chi connectivity index (χ1v) is 11.3. The molecule has 1 aliphatic carbocycles. The Morgan fingerprint density at radius 1 is 0.871 bits per heavy atom. The van der Waals surface area contributed by atoms with Gasteiger partial charge in [0.1, 0.15) is 5.60 Å². The molecule has 0 spiro atoms. The van der Waals surface area contributed by atoms with E-state index in [9.17, 15) is 14.7 Å². The summed E-state index contributed by atoms with van der Waals surface area (Å²) in [6, 6.07) is 14.4. The Hall–Kier alpha value is -2.70. The van der Waals surface area contributed by atoms with Crippen molar-refractivity contribution in [2.75, 3.05) is 32.7 Å². The third-order valence-corrected chi connectivity index (χ3v) is 6.99. The van der Waals surface area contributed by atoms with Crippen molar-refractivity contribution < 1.29 is 14.7 Å². The molecule has 0 unspecified atom stereocenters. The van der Waals surface area contributed by atoms with Crippen molar-refractivity contribution in [1.82, 2.24) is 15.1 Å². The Morgan fingerprint density at radius 2 is 1.55 bits per heavy atom. The van der Waals surface area contributed by atoms with E-state index in [0.29, 0.717) is 44.6 Å². The van der Waals surface area contributed by atoms with Gasteiger partial charge in [0.15, 0.2) is 0 Å². The van der Waals surface area contributed by atoms with E-state index in [1.54, 1.807) is 9.80 Å². The maximum absolute atomic E-state index is 12.9. The lowest BCUT2D eigenvalue weighted by atomic mass is 9.79. The van der Waals surface area contributed by atoms with Crippen LogP contribution in [-0.2, 0) is 17.8 Å². The van der Waals surface area contributed by atoms with Crippen LogP contribution in [0.25, 0.3) is 11.1 Å². The van der Waals surface area contributed by atoms with E-state index in [1.807, 2.05) is 24.3 Å². The van der Waals surface area contributed by atoms with Crippen molar-refractivity contribution >= 4 is 11.8 Å². The van der Waals surface area contributed by atoms with Gasteiger partial charge in [-0.1, -0.05) is 30.3 Å². The van der Waals surface area contributed by atoms with E-state index in [1.165, 1.54) is 16.7 Å². The van der Waals surface area contributed by atoms with Crippen molar-refractivity contribution in [1.29, 1.82) is 0 Å². The lowest BCUT2D eigenvalue weighted by molar-refractivity contribution is -0.161. The molecule has 2 aromatic rings. The second kappa shape index (κ2) is 8.09. The predicted molar refractivity (Wildman–Crippen MR) is 119 cm³/mol. The van der Waals surface area contributed by atoms with Crippen LogP contribution in [0, 0.1) is 0 Å². The van der Waals surface area contributed by atoms with Crippen LogP contribution in [0.15, 0.2) is 42.5 Å². The molecule has 0 radical (unpaired) electrons. The summed E-state index contributed by atoms with van der Waals surface area (Å²) in [5.74, 6) is -0.173. The molecular formula is C25H29N3O3. The number of hydrogen-bond donors (Lipinski definition) is 2. The summed E-state index contributed by atoms with van der Waals surface area (Å²) in [5.41, 5.74) is 4.57. The zero-order valence-corrected chi connectivity index (χ0v) is 17.8. The molecule has 6 heteroatoms. The average Bonchev–Trinajstić information content (AvgIpc) is 2.81. The number of amides is 2. The van der Waals surface area contributed by atoms with Crippen LogP contribution in [0.1, 0.15) is 40.7 Å². The molecule has 2 heterocycles. The van der Waals surface area contributed by atoms with E-state index in [4.69, 9.17) is 0 Å². The maximum atomic E-state index is 12.9. The number of nitrogens with one attached hydrogen (secondary N) is 1. The number of piperazine rings is 1. The van der Waals surface area contributed by atoms with Crippen LogP contribution in [0.4, 0.5) is 0 Å². The molecule has 2 N–H and O–H groups in total. The van der Waals surface area contributed by atoms with Crippen LogP contribution in [0.5, 0.6) is 0 Å². The van der Waals surface area contributed by atoms with Crippen molar-refractivity contribution in [2.45, 2.75) is 37.8 Å². The number of nitrogens with zero attached hydrogens (tertiary/aromatic N) is 2. The fourth-order valence-electron chi connectivity index (χ4n) is 4.78. The summed E-state index contributed by atoms with van der Waals surface area (Å²) in [5, 5.41) is 13.7. The third kappa shape index (κ3) is 3.86. The summed E-state index contributed by atoms with van der Waals surface area (Å²) in [7, 11) is 0. The van der Waals surface area contributed by atoms with Crippen LogP contribution < -0.4 is 5.32 Å². The fraction of sp³-hybridized carbons (Fsp3) is 0.440. The Balaban J connectivity index is 1.22. The largest absolute Gasteiger partial charge is 0.380 e. The number of aliphatic hydroxyl groups is 1. The Bertz CT molecular complexity index is 990. The highest BCUT2D eigenvalue weighted by molar-refractivity contribution is 5.95. The smallest absolute Gasteiger partial charge is 0.254 e. The van der Waals surface area contributed by atoms with Gasteiger partial charge in [-0.2, -0.15) is 0 Å². The van der Waals surface area contributed by atoms with Gasteiger partial charge in [-0.15, -0.1) is 0 Å². The lowest BCUT2D eigenvalue weighted by Crippen LogP contribution is -2.58. The van der Waals surface area contributed by atoms with Gasteiger partial charge in [-0.3, -0.25) is 9.59 Å². The SMILES string of the molecule is O=C(c1ccc(-c2ccc3c(c2)CCNC3)cc1)N1CCN(C(=O)C2(O)CCC2)CC1. The number of carbonyl (C=O) groups is 2. The summed E-state index contributed by atoms with van der Waals surface area (Å²) < 4.78 is 0. The first kappa shape index (κ1) is 20.2. The van der Waals surface area contributed by atoms with Gasteiger partial charge in [-0.05, 0) is 66.6 Å². The molecule has 0 aromatic heterocycles. The summed E-state index contributed by atoms with van der Waals surface area (Å²) in [4.78, 5) is 28.9. The minimum atomic E-state index is -1.16. The van der Waals surface area contributed by atoms with Gasteiger partial charge in [0, 0.05) is 38.3 Å². The molecule has 31 heavy (non-hydrogen) atoms. The monoisotopic (exact) mass is 419 g/mol. The zero-order chi connectivity index (χ0) is 21.4. The van der Waals surface area contributed by atoms with Crippen molar-refractivity contribution in [3.05, 3.63) is 59.2 Å². The Labute approximate surface area is 182 Å². The number of benzene rings is 2. The van der Waals surface area contributed by atoms with Gasteiger partial charge in [0.05, 0.1) is 0 Å². The Morgan fingerprint density at radius 3 is 2.23 bits per heavy atom. The molecule has 5 rings (SSSR count). The first-order valence-electron chi connectivity index (χ1n) is 11.3. The van der Waals surface area contributed by atoms with Crippen molar-refractivity contribution in [3.8, 4) is 11.1 Å². The molecule has 3 aliphatic rings. The van der Waals surface area contributed by atoms with Crippen molar-refractivity contribution in [2.24, 2.45) is 0 Å². The molecule has 2 aromatic carbocycles. The summed E-state index contributed by atoms with van der Waals surface area (Å²) >= 11 is 0. The molecule has 0 bridgehead atoms. The van der Waals surface area contributed by atoms with E-state index >= 15 is 0 Å². The van der Waals surface area contributed by atoms with Crippen molar-refractivity contribution in [3.63, 3.8) is 0 Å². The molecule has 0 atom stereocenters. The minimum absolute atomic E-state index is 0.00230. The van der Waals surface area contributed by atoms with Gasteiger partial charge in [-0.25, -0.2) is 0 Å². The maximum Gasteiger partial charge on any atom is 0.254 e. The highest BCUT2D eigenvalue weighted by Crippen LogP contribution is 2.33. The van der Waals surface area contributed by atoms with Gasteiger partial charge < -0.3 is 20.2 Å². The Kier molecular flexibility index (Phi) is 5.28. The molecule has 2 amide bonds. The van der Waals surface area contributed by atoms with E-state index in [0.717, 1.165) is 31.5 Å². The van der Waals surface area contributed by atoms with Crippen LogP contribution in [-0.4, -0.2) is 65.0 Å². The second-order valence-electron chi connectivity index (χ2n) is 8.96. The zero-order valence-electron chi connectivity index (χ0n) is 17.8. The molecule has 2 fully saturated rings. The van der Waals surface area contributed by atoms with Crippen LogP contribution in [0.2, 0.25) is 0 Å². The molecule has 6 nitrogen and oxygen atoms in total. The van der Waals surface area contributed by atoms with E-state index in [2.05, 4.69) is 23.5 Å². The van der Waals surface area contributed by atoms with Crippen LogP contribution >= 0.6 is 0 Å². The summed E-state index contributed by atoms with van der Waals surface area (Å²) in [6.07, 6.45) is 3.06. The van der Waals surface area contributed by atoms with Crippen LogP contribution in [0.3, 0.4) is 0 Å². The standard InChI is InChI=1S/C25H29N3O3/c29-23(27-12-14-28(15-13-27)24(30)25(31)9-1-10-25)19-4-2-18(3-5-19)20-6-7-22-17-26-11-8-21(22)16-20/h2-7,16,26,31H,1,8-15,17H2. The highest BCUT2D eigenvalue weighted by Gasteiger charge is 2.45. The number of fused-ring (bicyclic) bond motifs is 1. The third-order valence-electron chi connectivity index (χ3n) is 6.99. The second-order valence-corrected chi connectivity index (χ2v) is 8.96. The van der Waals surface area contributed by atoms with E-state index < -0.39 is 5.60 Å². The number of carbonyl (C=O) groups excluding carboxylic acids is 2. The molecular weight excluding hydrogens is 390 g/mol. The fourth-order valence-corrected chi connectivity index (χ4v) is 4.78. The molecule has 1 saturated heterocycles. The quantitative estimate of drug-likeness (QED) is 0.800. The summed E-state index contributed by atoms with van der Waals surface area (Å²) in [6.45, 7) is 3.91. The number of rotatable bonds is 3. The molecule has 2 aliphatic heterocycles. The van der Waals surface area contributed by atoms with Gasteiger partial charge in [0.25, 0.3) is 11.8 Å². The van der Waals surface area contributed by atoms with Gasteiger partial charge in [0.2, 0.25) is 0 Å². The molecule has 162 valence electrons. The predicted octanol–water partition coefficient (Wildman–Crippen LogP) is 2.20. The minimum Gasteiger partial charge on any atom is -0.380 e. The lowest BCUT2D eigenvalue weighted by Gasteiger charge is -2.42. The number of hydrogen-bond acceptors (Lipinski definition) is 4.